The first-order valence-electron chi connectivity index (χ1n) is 7.79. The summed E-state index contributed by atoms with van der Waals surface area (Å²) in [6.45, 7) is 5.25. The van der Waals surface area contributed by atoms with Gasteiger partial charge in [0.15, 0.2) is 0 Å². The molecule has 1 aromatic carbocycles. The van der Waals surface area contributed by atoms with Crippen molar-refractivity contribution in [2.75, 3.05) is 24.6 Å². The van der Waals surface area contributed by atoms with Gasteiger partial charge >= 0.3 is 0 Å². The first-order valence-corrected chi connectivity index (χ1v) is 7.79. The molecule has 22 heavy (non-hydrogen) atoms. The maximum Gasteiger partial charge on any atom is 0.223 e. The molecule has 0 aromatic heterocycles. The van der Waals surface area contributed by atoms with Gasteiger partial charge < -0.3 is 15.0 Å². The highest BCUT2D eigenvalue weighted by Gasteiger charge is 2.17. The molecule has 1 N–H and O–H groups in total. The largest absolute Gasteiger partial charge is 0.376 e. The zero-order chi connectivity index (χ0) is 15.9. The van der Waals surface area contributed by atoms with Crippen LogP contribution in [0, 0.1) is 6.92 Å². The second-order valence-corrected chi connectivity index (χ2v) is 5.70. The van der Waals surface area contributed by atoms with Crippen LogP contribution >= 0.6 is 0 Å². The Morgan fingerprint density at radius 2 is 2.05 bits per heavy atom. The predicted molar refractivity (Wildman–Crippen MR) is 85.8 cm³/mol. The van der Waals surface area contributed by atoms with Crippen LogP contribution in [0.3, 0.4) is 0 Å². The minimum absolute atomic E-state index is 0.0474. The number of carbonyl (C=O) groups excluding carboxylic acids is 2. The van der Waals surface area contributed by atoms with Crippen LogP contribution in [-0.4, -0.2) is 37.6 Å². The quantitative estimate of drug-likeness (QED) is 0.875. The summed E-state index contributed by atoms with van der Waals surface area (Å²) in [6, 6.07) is 7.73. The molecule has 0 saturated carbocycles. The van der Waals surface area contributed by atoms with Crippen molar-refractivity contribution in [2.45, 2.75) is 39.2 Å². The molecular weight excluding hydrogens is 280 g/mol. The molecule has 1 unspecified atom stereocenters. The van der Waals surface area contributed by atoms with Crippen molar-refractivity contribution < 1.29 is 14.3 Å². The lowest BCUT2D eigenvalue weighted by Crippen LogP contribution is -2.36. The molecule has 0 bridgehead atoms. The van der Waals surface area contributed by atoms with Crippen LogP contribution < -0.4 is 10.2 Å². The standard InChI is InChI=1S/C17H24N2O3/c1-13-5-7-15(8-6-13)19(14(2)20)10-9-17(21)18-12-16-4-3-11-22-16/h5-8,16H,3-4,9-12H2,1-2H3,(H,18,21). The fourth-order valence-electron chi connectivity index (χ4n) is 2.53. The van der Waals surface area contributed by atoms with Gasteiger partial charge in [0.05, 0.1) is 6.10 Å². The number of ether oxygens (including phenoxy) is 1. The van der Waals surface area contributed by atoms with Crippen molar-refractivity contribution in [3.63, 3.8) is 0 Å². The number of rotatable bonds is 6. The molecule has 0 radical (unpaired) electrons. The summed E-state index contributed by atoms with van der Waals surface area (Å²) < 4.78 is 5.47. The van der Waals surface area contributed by atoms with E-state index in [2.05, 4.69) is 5.32 Å². The number of hydrogen-bond donors (Lipinski definition) is 1. The fraction of sp³-hybridized carbons (Fsp3) is 0.529. The van der Waals surface area contributed by atoms with Gasteiger partial charge in [-0.1, -0.05) is 17.7 Å². The Kier molecular flexibility index (Phi) is 5.95. The summed E-state index contributed by atoms with van der Waals surface area (Å²) in [7, 11) is 0. The minimum atomic E-state index is -0.0595. The molecule has 1 saturated heterocycles. The fourth-order valence-corrected chi connectivity index (χ4v) is 2.53. The van der Waals surface area contributed by atoms with Gasteiger partial charge in [-0.15, -0.1) is 0 Å². The molecule has 1 aromatic rings. The minimum Gasteiger partial charge on any atom is -0.376 e. The van der Waals surface area contributed by atoms with Crippen LogP contribution in [0.15, 0.2) is 24.3 Å². The van der Waals surface area contributed by atoms with Crippen molar-refractivity contribution in [3.8, 4) is 0 Å². The van der Waals surface area contributed by atoms with E-state index in [1.165, 1.54) is 6.92 Å². The molecule has 1 heterocycles. The molecule has 2 amide bonds. The van der Waals surface area contributed by atoms with Crippen molar-refractivity contribution in [1.29, 1.82) is 0 Å². The highest BCUT2D eigenvalue weighted by Crippen LogP contribution is 2.16. The molecule has 0 spiro atoms. The molecule has 1 atom stereocenters. The summed E-state index contributed by atoms with van der Waals surface area (Å²) in [4.78, 5) is 25.3. The normalized spacial score (nSPS) is 17.3. The van der Waals surface area contributed by atoms with Crippen LogP contribution in [0.25, 0.3) is 0 Å². The van der Waals surface area contributed by atoms with E-state index in [1.807, 2.05) is 31.2 Å². The zero-order valence-electron chi connectivity index (χ0n) is 13.3. The van der Waals surface area contributed by atoms with Crippen molar-refractivity contribution in [3.05, 3.63) is 29.8 Å². The highest BCUT2D eigenvalue weighted by atomic mass is 16.5. The van der Waals surface area contributed by atoms with Crippen LogP contribution in [0.2, 0.25) is 0 Å². The number of anilines is 1. The number of nitrogens with one attached hydrogen (secondary N) is 1. The second kappa shape index (κ2) is 7.94. The van der Waals surface area contributed by atoms with Crippen LogP contribution in [0.1, 0.15) is 31.7 Å². The smallest absolute Gasteiger partial charge is 0.223 e. The van der Waals surface area contributed by atoms with Crippen molar-refractivity contribution >= 4 is 17.5 Å². The van der Waals surface area contributed by atoms with Crippen molar-refractivity contribution in [2.24, 2.45) is 0 Å². The summed E-state index contributed by atoms with van der Waals surface area (Å²) in [5, 5.41) is 2.88. The molecular formula is C17H24N2O3. The van der Waals surface area contributed by atoms with Crippen LogP contribution in [0.4, 0.5) is 5.69 Å². The Balaban J connectivity index is 1.82. The molecule has 5 nitrogen and oxygen atoms in total. The molecule has 1 fully saturated rings. The number of nitrogens with zero attached hydrogens (tertiary/aromatic N) is 1. The Labute approximate surface area is 131 Å². The van der Waals surface area contributed by atoms with E-state index < -0.39 is 0 Å². The molecule has 1 aliphatic rings. The summed E-state index contributed by atoms with van der Waals surface area (Å²) in [6.07, 6.45) is 2.50. The van der Waals surface area contributed by atoms with Gasteiger partial charge in [-0.3, -0.25) is 9.59 Å². The first kappa shape index (κ1) is 16.5. The Bertz CT molecular complexity index is 507. The first-order chi connectivity index (χ1) is 10.6. The second-order valence-electron chi connectivity index (χ2n) is 5.70. The Hall–Kier alpha value is -1.88. The van der Waals surface area contributed by atoms with Gasteiger partial charge in [0.25, 0.3) is 0 Å². The van der Waals surface area contributed by atoms with E-state index in [1.54, 1.807) is 4.90 Å². The summed E-state index contributed by atoms with van der Waals surface area (Å²) in [5.41, 5.74) is 1.96. The van der Waals surface area contributed by atoms with Crippen LogP contribution in [0.5, 0.6) is 0 Å². The van der Waals surface area contributed by atoms with E-state index in [4.69, 9.17) is 4.74 Å². The number of hydrogen-bond acceptors (Lipinski definition) is 3. The Morgan fingerprint density at radius 1 is 1.32 bits per heavy atom. The monoisotopic (exact) mass is 304 g/mol. The van der Waals surface area contributed by atoms with Gasteiger partial charge in [0.2, 0.25) is 11.8 Å². The summed E-state index contributed by atoms with van der Waals surface area (Å²) in [5.74, 6) is -0.107. The number of benzene rings is 1. The van der Waals surface area contributed by atoms with Crippen molar-refractivity contribution in [1.82, 2.24) is 5.32 Å². The highest BCUT2D eigenvalue weighted by molar-refractivity contribution is 5.92. The van der Waals surface area contributed by atoms with Gasteiger partial charge in [-0.25, -0.2) is 0 Å². The SMILES string of the molecule is CC(=O)N(CCC(=O)NCC1CCCO1)c1ccc(C)cc1. The molecule has 1 aliphatic heterocycles. The maximum absolute atomic E-state index is 11.9. The van der Waals surface area contributed by atoms with E-state index in [0.29, 0.717) is 19.5 Å². The van der Waals surface area contributed by atoms with E-state index >= 15 is 0 Å². The van der Waals surface area contributed by atoms with Gasteiger partial charge in [-0.05, 0) is 31.9 Å². The zero-order valence-corrected chi connectivity index (χ0v) is 13.3. The van der Waals surface area contributed by atoms with E-state index in [9.17, 15) is 9.59 Å². The van der Waals surface area contributed by atoms with Crippen LogP contribution in [-0.2, 0) is 14.3 Å². The van der Waals surface area contributed by atoms with Gasteiger partial charge in [0.1, 0.15) is 0 Å². The average molecular weight is 304 g/mol. The number of carbonyl (C=O) groups is 2. The third-order valence-corrected chi connectivity index (χ3v) is 3.84. The number of aryl methyl sites for hydroxylation is 1. The third-order valence-electron chi connectivity index (χ3n) is 3.84. The lowest BCUT2D eigenvalue weighted by molar-refractivity contribution is -0.121. The predicted octanol–water partition coefficient (Wildman–Crippen LogP) is 2.03. The molecule has 2 rings (SSSR count). The van der Waals surface area contributed by atoms with E-state index in [0.717, 1.165) is 30.7 Å². The van der Waals surface area contributed by atoms with Gasteiger partial charge in [-0.2, -0.15) is 0 Å². The lowest BCUT2D eigenvalue weighted by Gasteiger charge is -2.21. The number of amides is 2. The topological polar surface area (TPSA) is 58.6 Å². The van der Waals surface area contributed by atoms with E-state index in [-0.39, 0.29) is 17.9 Å². The summed E-state index contributed by atoms with van der Waals surface area (Å²) >= 11 is 0. The molecule has 120 valence electrons. The lowest BCUT2D eigenvalue weighted by atomic mass is 10.2. The third kappa shape index (κ3) is 4.84. The average Bonchev–Trinajstić information content (AvgIpc) is 3.00. The Morgan fingerprint density at radius 3 is 2.64 bits per heavy atom. The molecule has 5 heteroatoms. The molecule has 0 aliphatic carbocycles. The van der Waals surface area contributed by atoms with Gasteiger partial charge in [0, 0.05) is 38.7 Å². The maximum atomic E-state index is 11.9.